The van der Waals surface area contributed by atoms with Gasteiger partial charge in [0.25, 0.3) is 11.8 Å². The van der Waals surface area contributed by atoms with Crippen LogP contribution in [0.2, 0.25) is 0 Å². The Kier molecular flexibility index (Phi) is 5.26. The molecule has 2 N–H and O–H groups in total. The molecule has 0 aromatic rings. The van der Waals surface area contributed by atoms with Crippen molar-refractivity contribution in [3.63, 3.8) is 0 Å². The summed E-state index contributed by atoms with van der Waals surface area (Å²) in [6.45, 7) is 5.64. The van der Waals surface area contributed by atoms with E-state index in [0.29, 0.717) is 0 Å². The predicted octanol–water partition coefficient (Wildman–Crippen LogP) is 0.305. The number of imide groups is 1. The lowest BCUT2D eigenvalue weighted by molar-refractivity contribution is -0.151. The molecule has 0 bridgehead atoms. The molecule has 2 fully saturated rings. The summed E-state index contributed by atoms with van der Waals surface area (Å²) < 4.78 is 4.84. The number of nitrogens with one attached hydrogen (secondary N) is 2. The van der Waals surface area contributed by atoms with Crippen molar-refractivity contribution in [2.24, 2.45) is 11.8 Å². The first kappa shape index (κ1) is 19.7. The van der Waals surface area contributed by atoms with E-state index < -0.39 is 48.0 Å². The van der Waals surface area contributed by atoms with E-state index in [1.54, 1.807) is 27.7 Å². The minimum atomic E-state index is -1.08. The van der Waals surface area contributed by atoms with Crippen LogP contribution < -0.4 is 10.6 Å². The van der Waals surface area contributed by atoms with Gasteiger partial charge in [-0.25, -0.2) is 4.79 Å². The average molecular weight is 364 g/mol. The summed E-state index contributed by atoms with van der Waals surface area (Å²) in [4.78, 5) is 49.0. The highest BCUT2D eigenvalue weighted by Crippen LogP contribution is 2.42. The lowest BCUT2D eigenvalue weighted by atomic mass is 9.90. The van der Waals surface area contributed by atoms with E-state index >= 15 is 0 Å². The third-order valence-corrected chi connectivity index (χ3v) is 5.13. The average Bonchev–Trinajstić information content (AvgIpc) is 3.39. The third kappa shape index (κ3) is 3.79. The van der Waals surface area contributed by atoms with Crippen molar-refractivity contribution in [3.8, 4) is 6.07 Å². The Morgan fingerprint density at radius 1 is 1.46 bits per heavy atom. The molecule has 142 valence electrons. The minimum Gasteiger partial charge on any atom is -0.454 e. The molecule has 26 heavy (non-hydrogen) atoms. The van der Waals surface area contributed by atoms with E-state index in [2.05, 4.69) is 10.6 Å². The molecule has 1 heterocycles. The highest BCUT2D eigenvalue weighted by molar-refractivity contribution is 6.08. The summed E-state index contributed by atoms with van der Waals surface area (Å²) in [7, 11) is 0. The summed E-state index contributed by atoms with van der Waals surface area (Å²) in [6.07, 6.45) is 1.71. The van der Waals surface area contributed by atoms with E-state index in [4.69, 9.17) is 10.00 Å². The van der Waals surface area contributed by atoms with Gasteiger partial charge in [-0.05, 0) is 38.5 Å². The molecule has 0 aromatic heterocycles. The third-order valence-electron chi connectivity index (χ3n) is 5.13. The molecule has 0 aromatic carbocycles. The number of ether oxygens (including phenoxy) is 1. The first-order chi connectivity index (χ1) is 12.0. The van der Waals surface area contributed by atoms with Gasteiger partial charge < -0.3 is 15.4 Å². The van der Waals surface area contributed by atoms with Crippen molar-refractivity contribution in [2.45, 2.75) is 51.6 Å². The van der Waals surface area contributed by atoms with Gasteiger partial charge in [-0.3, -0.25) is 19.3 Å². The smallest absolute Gasteiger partial charge is 0.326 e. The maximum absolute atomic E-state index is 12.4. The molecule has 0 unspecified atom stereocenters. The Balaban J connectivity index is 1.86. The van der Waals surface area contributed by atoms with Crippen molar-refractivity contribution in [1.82, 2.24) is 15.5 Å². The lowest BCUT2D eigenvalue weighted by Gasteiger charge is -2.27. The van der Waals surface area contributed by atoms with Gasteiger partial charge in [-0.1, -0.05) is 13.8 Å². The fourth-order valence-electron chi connectivity index (χ4n) is 2.74. The number of nitriles is 1. The topological polar surface area (TPSA) is 129 Å². The fourth-order valence-corrected chi connectivity index (χ4v) is 2.74. The van der Waals surface area contributed by atoms with Crippen LogP contribution >= 0.6 is 0 Å². The summed E-state index contributed by atoms with van der Waals surface area (Å²) >= 11 is 0. The number of hydrogen-bond donors (Lipinski definition) is 2. The van der Waals surface area contributed by atoms with Crippen molar-refractivity contribution in [3.05, 3.63) is 0 Å². The van der Waals surface area contributed by atoms with Crippen molar-refractivity contribution in [1.29, 1.82) is 5.26 Å². The molecule has 2 rings (SSSR count). The highest BCUT2D eigenvalue weighted by Gasteiger charge is 2.56. The van der Waals surface area contributed by atoms with Crippen LogP contribution in [-0.4, -0.2) is 52.9 Å². The second kappa shape index (κ2) is 6.94. The Hall–Kier alpha value is -2.63. The molecule has 9 nitrogen and oxygen atoms in total. The number of esters is 1. The summed E-state index contributed by atoms with van der Waals surface area (Å²) in [6, 6.07) is 1.38. The second-order valence-electron chi connectivity index (χ2n) is 7.48. The van der Waals surface area contributed by atoms with Gasteiger partial charge in [-0.15, -0.1) is 0 Å². The summed E-state index contributed by atoms with van der Waals surface area (Å²) in [5, 5.41) is 14.3. The van der Waals surface area contributed by atoms with Crippen LogP contribution in [0.5, 0.6) is 0 Å². The van der Waals surface area contributed by atoms with E-state index in [1.807, 2.05) is 6.07 Å². The fraction of sp³-hybridized carbons (Fsp3) is 0.706. The van der Waals surface area contributed by atoms with Crippen LogP contribution in [0.1, 0.15) is 40.5 Å². The van der Waals surface area contributed by atoms with E-state index in [1.165, 1.54) is 0 Å². The lowest BCUT2D eigenvalue weighted by Crippen LogP contribution is -2.50. The monoisotopic (exact) mass is 364 g/mol. The van der Waals surface area contributed by atoms with Gasteiger partial charge in [0.15, 0.2) is 6.61 Å². The molecule has 1 aliphatic carbocycles. The number of amides is 4. The quantitative estimate of drug-likeness (QED) is 0.494. The van der Waals surface area contributed by atoms with Crippen molar-refractivity contribution in [2.75, 3.05) is 13.2 Å². The predicted molar refractivity (Wildman–Crippen MR) is 89.3 cm³/mol. The van der Waals surface area contributed by atoms with Crippen LogP contribution in [0.3, 0.4) is 0 Å². The standard InChI is InChI=1S/C17H24N4O5/c1-10(2)16(3,9-18)19-12(22)8-26-13(23)7-21-14(24)17(4,11-5-6-11)20-15(21)25/h10-11H,5-8H2,1-4H3,(H,19,22)(H,20,25)/t16-,17-/m1/s1. The van der Waals surface area contributed by atoms with Gasteiger partial charge in [0.2, 0.25) is 0 Å². The first-order valence-corrected chi connectivity index (χ1v) is 8.55. The van der Waals surface area contributed by atoms with Crippen LogP contribution in [0.4, 0.5) is 4.79 Å². The molecule has 2 aliphatic rings. The van der Waals surface area contributed by atoms with Gasteiger partial charge in [0.1, 0.15) is 17.6 Å². The zero-order valence-electron chi connectivity index (χ0n) is 15.4. The largest absolute Gasteiger partial charge is 0.454 e. The Labute approximate surface area is 152 Å². The molecule has 4 amide bonds. The van der Waals surface area contributed by atoms with Gasteiger partial charge in [-0.2, -0.15) is 5.26 Å². The zero-order chi connectivity index (χ0) is 19.7. The maximum atomic E-state index is 12.4. The van der Waals surface area contributed by atoms with Crippen LogP contribution in [0, 0.1) is 23.2 Å². The van der Waals surface area contributed by atoms with E-state index in [0.717, 1.165) is 17.7 Å². The molecule has 1 saturated heterocycles. The summed E-state index contributed by atoms with van der Waals surface area (Å²) in [5.74, 6) is -2.00. The number of rotatable bonds is 7. The Morgan fingerprint density at radius 3 is 2.58 bits per heavy atom. The SMILES string of the molecule is CC(C)[C@@](C)(C#N)NC(=O)COC(=O)CN1C(=O)N[C@](C)(C2CC2)C1=O. The van der Waals surface area contributed by atoms with Crippen molar-refractivity contribution >= 4 is 23.8 Å². The molecule has 0 spiro atoms. The number of hydrogen-bond acceptors (Lipinski definition) is 6. The van der Waals surface area contributed by atoms with Gasteiger partial charge in [0.05, 0.1) is 6.07 Å². The molecule has 9 heteroatoms. The Bertz CT molecular complexity index is 681. The Morgan fingerprint density at radius 2 is 2.08 bits per heavy atom. The van der Waals surface area contributed by atoms with E-state index in [9.17, 15) is 19.2 Å². The van der Waals surface area contributed by atoms with E-state index in [-0.39, 0.29) is 11.8 Å². The number of carbonyl (C=O) groups excluding carboxylic acids is 4. The van der Waals surface area contributed by atoms with Crippen LogP contribution in [0.15, 0.2) is 0 Å². The second-order valence-corrected chi connectivity index (χ2v) is 7.48. The number of carbonyl (C=O) groups is 4. The van der Waals surface area contributed by atoms with Crippen LogP contribution in [0.25, 0.3) is 0 Å². The number of urea groups is 1. The molecular weight excluding hydrogens is 340 g/mol. The molecule has 0 radical (unpaired) electrons. The molecule has 1 aliphatic heterocycles. The normalized spacial score (nSPS) is 24.7. The molecule has 2 atom stereocenters. The van der Waals surface area contributed by atoms with Crippen LogP contribution in [-0.2, 0) is 19.1 Å². The summed E-state index contributed by atoms with van der Waals surface area (Å²) in [5.41, 5.74) is -2.05. The minimum absolute atomic E-state index is 0.0884. The first-order valence-electron chi connectivity index (χ1n) is 8.55. The van der Waals surface area contributed by atoms with Crippen molar-refractivity contribution < 1.29 is 23.9 Å². The molecule has 1 saturated carbocycles. The highest BCUT2D eigenvalue weighted by atomic mass is 16.5. The van der Waals surface area contributed by atoms with Gasteiger partial charge >= 0.3 is 12.0 Å². The number of nitrogens with zero attached hydrogens (tertiary/aromatic N) is 2. The maximum Gasteiger partial charge on any atom is 0.326 e. The molecular formula is C17H24N4O5. The van der Waals surface area contributed by atoms with Gasteiger partial charge in [0, 0.05) is 0 Å². The zero-order valence-corrected chi connectivity index (χ0v) is 15.4.